The number of anilines is 3. The third-order valence-electron chi connectivity index (χ3n) is 6.75. The molecule has 170 valence electrons. The lowest BCUT2D eigenvalue weighted by atomic mass is 9.92. The summed E-state index contributed by atoms with van der Waals surface area (Å²) in [6.45, 7) is 5.08. The molecule has 0 unspecified atom stereocenters. The van der Waals surface area contributed by atoms with E-state index in [0.717, 1.165) is 76.1 Å². The van der Waals surface area contributed by atoms with Gasteiger partial charge in [0.15, 0.2) is 0 Å². The van der Waals surface area contributed by atoms with E-state index in [9.17, 15) is 4.79 Å². The zero-order valence-electron chi connectivity index (χ0n) is 18.6. The Hall–Kier alpha value is -2.97. The third kappa shape index (κ3) is 5.26. The summed E-state index contributed by atoms with van der Waals surface area (Å²) in [5.41, 5.74) is 0. The van der Waals surface area contributed by atoms with Gasteiger partial charge in [-0.3, -0.25) is 4.79 Å². The van der Waals surface area contributed by atoms with Crippen LogP contribution in [0.2, 0.25) is 0 Å². The number of nitrogens with one attached hydrogen (secondary N) is 1. The van der Waals surface area contributed by atoms with Crippen LogP contribution in [0, 0.1) is 5.92 Å². The van der Waals surface area contributed by atoms with E-state index in [1.165, 1.54) is 12.8 Å². The van der Waals surface area contributed by atoms with E-state index < -0.39 is 0 Å². The first-order chi connectivity index (χ1) is 15.7. The van der Waals surface area contributed by atoms with Crippen molar-refractivity contribution in [2.45, 2.75) is 44.6 Å². The molecule has 1 saturated carbocycles. The van der Waals surface area contributed by atoms with Crippen LogP contribution in [0.15, 0.2) is 30.9 Å². The Morgan fingerprint density at radius 2 is 1.66 bits per heavy atom. The number of carbonyl (C=O) groups is 1. The molecule has 1 amide bonds. The first-order valence-electron chi connectivity index (χ1n) is 11.9. The number of hydrogen-bond acceptors (Lipinski definition) is 8. The third-order valence-corrected chi connectivity index (χ3v) is 6.75. The molecule has 0 spiro atoms. The summed E-state index contributed by atoms with van der Waals surface area (Å²) in [7, 11) is 0. The van der Waals surface area contributed by atoms with E-state index in [0.29, 0.717) is 18.4 Å². The van der Waals surface area contributed by atoms with E-state index in [4.69, 9.17) is 0 Å². The number of nitrogens with zero attached hydrogens (tertiary/aromatic N) is 7. The Morgan fingerprint density at radius 3 is 2.38 bits per heavy atom. The molecule has 3 fully saturated rings. The van der Waals surface area contributed by atoms with Crippen LogP contribution >= 0.6 is 0 Å². The van der Waals surface area contributed by atoms with Crippen molar-refractivity contribution in [3.63, 3.8) is 0 Å². The van der Waals surface area contributed by atoms with Crippen LogP contribution in [0.1, 0.15) is 38.5 Å². The molecule has 2 aromatic rings. The van der Waals surface area contributed by atoms with Crippen LogP contribution < -0.4 is 15.1 Å². The van der Waals surface area contributed by atoms with Crippen molar-refractivity contribution >= 4 is 23.5 Å². The molecule has 32 heavy (non-hydrogen) atoms. The predicted molar refractivity (Wildman–Crippen MR) is 124 cm³/mol. The molecule has 9 heteroatoms. The van der Waals surface area contributed by atoms with Crippen LogP contribution in [-0.4, -0.2) is 76.1 Å². The van der Waals surface area contributed by atoms with Crippen molar-refractivity contribution in [2.75, 3.05) is 54.4 Å². The normalized spacial score (nSPS) is 19.8. The van der Waals surface area contributed by atoms with Gasteiger partial charge in [0.25, 0.3) is 0 Å². The summed E-state index contributed by atoms with van der Waals surface area (Å²) >= 11 is 0. The minimum absolute atomic E-state index is 0.285. The molecule has 0 radical (unpaired) electrons. The van der Waals surface area contributed by atoms with Gasteiger partial charge in [0, 0.05) is 70.2 Å². The molecule has 0 bridgehead atoms. The molecular weight excluding hydrogens is 404 g/mol. The molecule has 0 aromatic carbocycles. The first-order valence-corrected chi connectivity index (χ1v) is 11.9. The summed E-state index contributed by atoms with van der Waals surface area (Å²) < 4.78 is 0. The van der Waals surface area contributed by atoms with Crippen molar-refractivity contribution in [2.24, 2.45) is 5.92 Å². The van der Waals surface area contributed by atoms with E-state index in [1.54, 1.807) is 18.7 Å². The Kier molecular flexibility index (Phi) is 6.31. The molecule has 5 rings (SSSR count). The summed E-state index contributed by atoms with van der Waals surface area (Å²) in [5, 5.41) is 3.45. The molecule has 1 aliphatic carbocycles. The van der Waals surface area contributed by atoms with Crippen molar-refractivity contribution in [1.82, 2.24) is 24.8 Å². The Bertz CT molecular complexity index is 890. The van der Waals surface area contributed by atoms with Gasteiger partial charge in [0.05, 0.1) is 0 Å². The molecule has 2 aliphatic heterocycles. The second-order valence-electron chi connectivity index (χ2n) is 9.07. The van der Waals surface area contributed by atoms with Gasteiger partial charge in [0.2, 0.25) is 11.9 Å². The highest BCUT2D eigenvalue weighted by atomic mass is 16.2. The van der Waals surface area contributed by atoms with Crippen molar-refractivity contribution in [3.05, 3.63) is 30.9 Å². The largest absolute Gasteiger partial charge is 0.367 e. The van der Waals surface area contributed by atoms with E-state index >= 15 is 0 Å². The standard InChI is InChI=1S/C23H32N8O/c32-22(30-12-14-31(15-13-30)23-24-8-1-9-25-23)5-2-18-6-10-29(11-7-18)21-16-20(26-17-27-21)28-19-3-4-19/h1,8-9,16-19H,2-7,10-15H2,(H,26,27,28). The van der Waals surface area contributed by atoms with E-state index in [2.05, 4.69) is 41.1 Å². The van der Waals surface area contributed by atoms with Gasteiger partial charge in [-0.2, -0.15) is 0 Å². The fourth-order valence-electron chi connectivity index (χ4n) is 4.58. The SMILES string of the molecule is O=C(CCC1CCN(c2cc(NC3CC3)ncn2)CC1)N1CCN(c2ncccn2)CC1. The minimum atomic E-state index is 0.285. The smallest absolute Gasteiger partial charge is 0.225 e. The number of rotatable bonds is 7. The summed E-state index contributed by atoms with van der Waals surface area (Å²) in [5.74, 6) is 3.60. The summed E-state index contributed by atoms with van der Waals surface area (Å²) in [6, 6.07) is 4.49. The van der Waals surface area contributed by atoms with Crippen molar-refractivity contribution < 1.29 is 4.79 Å². The molecule has 9 nitrogen and oxygen atoms in total. The predicted octanol–water partition coefficient (Wildman–Crippen LogP) is 2.19. The highest BCUT2D eigenvalue weighted by molar-refractivity contribution is 5.76. The average Bonchev–Trinajstić information content (AvgIpc) is 3.68. The zero-order chi connectivity index (χ0) is 21.8. The van der Waals surface area contributed by atoms with Crippen LogP contribution in [0.3, 0.4) is 0 Å². The second kappa shape index (κ2) is 9.67. The lowest BCUT2D eigenvalue weighted by Gasteiger charge is -2.35. The number of aromatic nitrogens is 4. The van der Waals surface area contributed by atoms with Crippen LogP contribution in [-0.2, 0) is 4.79 Å². The average molecular weight is 437 g/mol. The van der Waals surface area contributed by atoms with Crippen molar-refractivity contribution in [1.29, 1.82) is 0 Å². The quantitative estimate of drug-likeness (QED) is 0.706. The van der Waals surface area contributed by atoms with Crippen LogP contribution in [0.4, 0.5) is 17.6 Å². The molecule has 1 N–H and O–H groups in total. The fourth-order valence-corrected chi connectivity index (χ4v) is 4.58. The molecular formula is C23H32N8O. The zero-order valence-corrected chi connectivity index (χ0v) is 18.6. The summed E-state index contributed by atoms with van der Waals surface area (Å²) in [4.78, 5) is 36.7. The van der Waals surface area contributed by atoms with E-state index in [1.807, 2.05) is 11.0 Å². The van der Waals surface area contributed by atoms with Gasteiger partial charge in [-0.25, -0.2) is 19.9 Å². The van der Waals surface area contributed by atoms with Gasteiger partial charge in [-0.05, 0) is 44.1 Å². The molecule has 0 atom stereocenters. The second-order valence-corrected chi connectivity index (χ2v) is 9.07. The van der Waals surface area contributed by atoms with Gasteiger partial charge < -0.3 is 20.0 Å². The van der Waals surface area contributed by atoms with E-state index in [-0.39, 0.29) is 5.91 Å². The number of piperidine rings is 1. The lowest BCUT2D eigenvalue weighted by molar-refractivity contribution is -0.131. The number of piperazine rings is 1. The highest BCUT2D eigenvalue weighted by Gasteiger charge is 2.26. The van der Waals surface area contributed by atoms with Gasteiger partial charge >= 0.3 is 0 Å². The Balaban J connectivity index is 1.03. The van der Waals surface area contributed by atoms with Crippen LogP contribution in [0.25, 0.3) is 0 Å². The highest BCUT2D eigenvalue weighted by Crippen LogP contribution is 2.28. The Labute approximate surface area is 189 Å². The minimum Gasteiger partial charge on any atom is -0.367 e. The Morgan fingerprint density at radius 1 is 0.906 bits per heavy atom. The lowest BCUT2D eigenvalue weighted by Crippen LogP contribution is -2.49. The number of carbonyl (C=O) groups excluding carboxylic acids is 1. The monoisotopic (exact) mass is 436 g/mol. The maximum atomic E-state index is 12.7. The maximum Gasteiger partial charge on any atom is 0.225 e. The van der Waals surface area contributed by atoms with Gasteiger partial charge in [-0.1, -0.05) is 0 Å². The molecule has 2 saturated heterocycles. The number of amides is 1. The van der Waals surface area contributed by atoms with Crippen LogP contribution in [0.5, 0.6) is 0 Å². The first kappa shape index (κ1) is 20.9. The van der Waals surface area contributed by atoms with Crippen molar-refractivity contribution in [3.8, 4) is 0 Å². The van der Waals surface area contributed by atoms with Gasteiger partial charge in [-0.15, -0.1) is 0 Å². The van der Waals surface area contributed by atoms with Gasteiger partial charge in [0.1, 0.15) is 18.0 Å². The topological polar surface area (TPSA) is 90.4 Å². The molecule has 2 aromatic heterocycles. The molecule has 3 aliphatic rings. The summed E-state index contributed by atoms with van der Waals surface area (Å²) in [6.07, 6.45) is 11.5. The molecule has 4 heterocycles. The number of hydrogen-bond donors (Lipinski definition) is 1. The fraction of sp³-hybridized carbons (Fsp3) is 0.609. The maximum absolute atomic E-state index is 12.7.